The third-order valence-corrected chi connectivity index (χ3v) is 4.29. The largest absolute Gasteiger partial charge is 0.339 e. The number of hydrogen-bond donors (Lipinski definition) is 0. The molecule has 1 unspecified atom stereocenters. The van der Waals surface area contributed by atoms with Crippen LogP contribution in [0.4, 0.5) is 0 Å². The van der Waals surface area contributed by atoms with E-state index < -0.39 is 0 Å². The van der Waals surface area contributed by atoms with Crippen LogP contribution in [0.1, 0.15) is 50.1 Å². The lowest BCUT2D eigenvalue weighted by molar-refractivity contribution is -0.121. The molecule has 17 heavy (non-hydrogen) atoms. The van der Waals surface area contributed by atoms with Gasteiger partial charge in [-0.15, -0.1) is 0 Å². The molecule has 1 atom stereocenters. The summed E-state index contributed by atoms with van der Waals surface area (Å²) in [5.74, 6) is 2.57. The Labute approximate surface area is 106 Å². The van der Waals surface area contributed by atoms with Crippen molar-refractivity contribution in [3.8, 4) is 0 Å². The lowest BCUT2D eigenvalue weighted by Crippen LogP contribution is -2.10. The molecule has 0 spiro atoms. The summed E-state index contributed by atoms with van der Waals surface area (Å²) in [5.41, 5.74) is 0. The minimum absolute atomic E-state index is 0.0226. The average Bonchev–Trinajstić information content (AvgIpc) is 2.78. The van der Waals surface area contributed by atoms with Gasteiger partial charge in [0.2, 0.25) is 5.89 Å². The van der Waals surface area contributed by atoms with Gasteiger partial charge in [-0.05, 0) is 18.6 Å². The van der Waals surface area contributed by atoms with E-state index in [4.69, 9.17) is 4.52 Å². The van der Waals surface area contributed by atoms with Crippen LogP contribution in [0.2, 0.25) is 0 Å². The molecule has 0 radical (unpaired) electrons. The molecule has 1 aromatic rings. The highest BCUT2D eigenvalue weighted by Crippen LogP contribution is 2.36. The summed E-state index contributed by atoms with van der Waals surface area (Å²) < 4.78 is 5.14. The van der Waals surface area contributed by atoms with Gasteiger partial charge in [-0.1, -0.05) is 25.4 Å². The highest BCUT2D eigenvalue weighted by Gasteiger charge is 2.22. The van der Waals surface area contributed by atoms with Crippen molar-refractivity contribution in [3.05, 3.63) is 11.7 Å². The molecule has 0 amide bonds. The second kappa shape index (κ2) is 5.67. The molecule has 94 valence electrons. The quantitative estimate of drug-likeness (QED) is 0.827. The number of rotatable bonds is 4. The lowest BCUT2D eigenvalue weighted by Gasteiger charge is -2.17. The number of carbonyl (C=O) groups is 1. The molecule has 0 N–H and O–H groups in total. The number of nitrogens with zero attached hydrogens (tertiary/aromatic N) is 2. The Morgan fingerprint density at radius 1 is 1.53 bits per heavy atom. The van der Waals surface area contributed by atoms with Crippen molar-refractivity contribution in [2.75, 3.05) is 5.75 Å². The first-order chi connectivity index (χ1) is 8.16. The van der Waals surface area contributed by atoms with Crippen molar-refractivity contribution in [2.45, 2.75) is 44.8 Å². The molecular formula is C12H18N2O2S. The molecule has 2 rings (SSSR count). The number of aromatic nitrogens is 2. The molecule has 2 heterocycles. The Hall–Kier alpha value is -0.840. The van der Waals surface area contributed by atoms with E-state index in [0.717, 1.165) is 12.2 Å². The topological polar surface area (TPSA) is 56.0 Å². The van der Waals surface area contributed by atoms with E-state index in [1.54, 1.807) is 0 Å². The smallest absolute Gasteiger partial charge is 0.234 e. The molecule has 0 bridgehead atoms. The van der Waals surface area contributed by atoms with E-state index >= 15 is 0 Å². The number of thioether (sulfide) groups is 1. The van der Waals surface area contributed by atoms with Gasteiger partial charge in [-0.25, -0.2) is 0 Å². The zero-order valence-electron chi connectivity index (χ0n) is 10.3. The summed E-state index contributed by atoms with van der Waals surface area (Å²) >= 11 is 1.88. The van der Waals surface area contributed by atoms with E-state index in [0.29, 0.717) is 11.1 Å². The molecule has 1 aliphatic heterocycles. The predicted octanol–water partition coefficient (Wildman–Crippen LogP) is 2.80. The number of ketones is 1. The molecule has 5 heteroatoms. The monoisotopic (exact) mass is 254 g/mol. The SMILES string of the molecule is CC(C)C(=O)Cc1nc(C2CCCCS2)no1. The molecular weight excluding hydrogens is 236 g/mol. The first kappa shape index (κ1) is 12.6. The summed E-state index contributed by atoms with van der Waals surface area (Å²) in [6.45, 7) is 3.77. The van der Waals surface area contributed by atoms with Crippen molar-refractivity contribution in [2.24, 2.45) is 5.92 Å². The minimum Gasteiger partial charge on any atom is -0.339 e. The Morgan fingerprint density at radius 3 is 3.00 bits per heavy atom. The van der Waals surface area contributed by atoms with Crippen molar-refractivity contribution in [3.63, 3.8) is 0 Å². The van der Waals surface area contributed by atoms with Crippen LogP contribution in [0.3, 0.4) is 0 Å². The van der Waals surface area contributed by atoms with Crippen LogP contribution in [-0.4, -0.2) is 21.7 Å². The van der Waals surface area contributed by atoms with Crippen LogP contribution in [-0.2, 0) is 11.2 Å². The van der Waals surface area contributed by atoms with Crippen LogP contribution >= 0.6 is 11.8 Å². The average molecular weight is 254 g/mol. The van der Waals surface area contributed by atoms with E-state index in [-0.39, 0.29) is 18.1 Å². The van der Waals surface area contributed by atoms with E-state index in [1.807, 2.05) is 25.6 Å². The fourth-order valence-electron chi connectivity index (χ4n) is 1.77. The van der Waals surface area contributed by atoms with Gasteiger partial charge in [0.15, 0.2) is 5.82 Å². The van der Waals surface area contributed by atoms with Crippen LogP contribution in [0.5, 0.6) is 0 Å². The maximum absolute atomic E-state index is 11.6. The minimum atomic E-state index is 0.0226. The molecule has 4 nitrogen and oxygen atoms in total. The molecule has 1 aromatic heterocycles. The fraction of sp³-hybridized carbons (Fsp3) is 0.750. The van der Waals surface area contributed by atoms with Crippen LogP contribution in [0.25, 0.3) is 0 Å². The first-order valence-electron chi connectivity index (χ1n) is 6.13. The van der Waals surface area contributed by atoms with Crippen molar-refractivity contribution < 1.29 is 9.32 Å². The fourth-order valence-corrected chi connectivity index (χ4v) is 3.00. The standard InChI is InChI=1S/C12H18N2O2S/c1-8(2)9(15)7-11-13-12(14-16-11)10-5-3-4-6-17-10/h8,10H,3-7H2,1-2H3. The van der Waals surface area contributed by atoms with Gasteiger partial charge in [0.05, 0.1) is 11.7 Å². The summed E-state index contributed by atoms with van der Waals surface area (Å²) in [5, 5.41) is 4.35. The second-order valence-electron chi connectivity index (χ2n) is 4.70. The molecule has 0 aliphatic carbocycles. The zero-order chi connectivity index (χ0) is 12.3. The summed E-state index contributed by atoms with van der Waals surface area (Å²) in [7, 11) is 0. The van der Waals surface area contributed by atoms with Crippen molar-refractivity contribution >= 4 is 17.5 Å². The normalized spacial score (nSPS) is 20.8. The molecule has 0 aromatic carbocycles. The second-order valence-corrected chi connectivity index (χ2v) is 6.01. The van der Waals surface area contributed by atoms with Crippen LogP contribution in [0.15, 0.2) is 4.52 Å². The van der Waals surface area contributed by atoms with E-state index in [2.05, 4.69) is 10.1 Å². The third-order valence-electron chi connectivity index (χ3n) is 2.92. The van der Waals surface area contributed by atoms with Crippen LogP contribution in [0, 0.1) is 5.92 Å². The molecule has 1 aliphatic rings. The maximum atomic E-state index is 11.6. The maximum Gasteiger partial charge on any atom is 0.234 e. The number of Topliss-reactive ketones (excluding diaryl/α,β-unsaturated/α-hetero) is 1. The van der Waals surface area contributed by atoms with E-state index in [9.17, 15) is 4.79 Å². The molecule has 0 saturated carbocycles. The van der Waals surface area contributed by atoms with Gasteiger partial charge < -0.3 is 4.52 Å². The third kappa shape index (κ3) is 3.31. The summed E-state index contributed by atoms with van der Waals surface area (Å²) in [6, 6.07) is 0. The van der Waals surface area contributed by atoms with Gasteiger partial charge in [-0.2, -0.15) is 16.7 Å². The van der Waals surface area contributed by atoms with Gasteiger partial charge in [0, 0.05) is 5.92 Å². The zero-order valence-corrected chi connectivity index (χ0v) is 11.1. The predicted molar refractivity (Wildman–Crippen MR) is 66.9 cm³/mol. The first-order valence-corrected chi connectivity index (χ1v) is 7.18. The lowest BCUT2D eigenvalue weighted by atomic mass is 10.1. The van der Waals surface area contributed by atoms with Gasteiger partial charge in [0.1, 0.15) is 5.78 Å². The van der Waals surface area contributed by atoms with Crippen molar-refractivity contribution in [1.29, 1.82) is 0 Å². The Bertz CT molecular complexity index is 384. The van der Waals surface area contributed by atoms with Gasteiger partial charge >= 0.3 is 0 Å². The highest BCUT2D eigenvalue weighted by atomic mass is 32.2. The summed E-state index contributed by atoms with van der Waals surface area (Å²) in [6.07, 6.45) is 3.88. The summed E-state index contributed by atoms with van der Waals surface area (Å²) in [4.78, 5) is 15.9. The molecule has 1 saturated heterocycles. The number of hydrogen-bond acceptors (Lipinski definition) is 5. The Kier molecular flexibility index (Phi) is 4.20. The Morgan fingerprint density at radius 2 is 2.35 bits per heavy atom. The Balaban J connectivity index is 1.97. The van der Waals surface area contributed by atoms with Gasteiger partial charge in [-0.3, -0.25) is 4.79 Å². The number of carbonyl (C=O) groups excluding carboxylic acids is 1. The van der Waals surface area contributed by atoms with Crippen LogP contribution < -0.4 is 0 Å². The molecule has 1 fully saturated rings. The van der Waals surface area contributed by atoms with E-state index in [1.165, 1.54) is 18.6 Å². The van der Waals surface area contributed by atoms with Crippen molar-refractivity contribution in [1.82, 2.24) is 10.1 Å². The van der Waals surface area contributed by atoms with Gasteiger partial charge in [0.25, 0.3) is 0 Å². The highest BCUT2D eigenvalue weighted by molar-refractivity contribution is 7.99.